The Balaban J connectivity index is 2.04. The molecule has 6 nitrogen and oxygen atoms in total. The molecule has 0 radical (unpaired) electrons. The number of hydrogen-bond acceptors (Lipinski definition) is 5. The summed E-state index contributed by atoms with van der Waals surface area (Å²) < 4.78 is 1.64. The third-order valence-electron chi connectivity index (χ3n) is 3.51. The van der Waals surface area contributed by atoms with Crippen LogP contribution in [0.25, 0.3) is 11.4 Å². The van der Waals surface area contributed by atoms with Gasteiger partial charge in [-0.25, -0.2) is 9.67 Å². The van der Waals surface area contributed by atoms with Crippen molar-refractivity contribution >= 4 is 17.7 Å². The zero-order valence-corrected chi connectivity index (χ0v) is 13.7. The molecule has 0 aliphatic heterocycles. The van der Waals surface area contributed by atoms with Crippen molar-refractivity contribution in [2.24, 2.45) is 0 Å². The Hall–Kier alpha value is -3.54. The van der Waals surface area contributed by atoms with Crippen molar-refractivity contribution in [3.8, 4) is 5.69 Å². The van der Waals surface area contributed by atoms with Gasteiger partial charge in [0.1, 0.15) is 5.82 Å². The maximum Gasteiger partial charge on any atom is 0.209 e. The number of anilines is 1. The Labute approximate surface area is 145 Å². The van der Waals surface area contributed by atoms with Gasteiger partial charge in [0.2, 0.25) is 5.43 Å². The minimum Gasteiger partial charge on any atom is -0.338 e. The number of benzene rings is 1. The summed E-state index contributed by atoms with van der Waals surface area (Å²) in [6.07, 6.45) is 5.87. The van der Waals surface area contributed by atoms with Crippen molar-refractivity contribution in [1.29, 1.82) is 5.41 Å². The van der Waals surface area contributed by atoms with Crippen molar-refractivity contribution < 1.29 is 0 Å². The lowest BCUT2D eigenvalue weighted by Gasteiger charge is -2.11. The average Bonchev–Trinajstić information content (AvgIpc) is 2.63. The maximum atomic E-state index is 12.3. The van der Waals surface area contributed by atoms with E-state index >= 15 is 0 Å². The smallest absolute Gasteiger partial charge is 0.209 e. The molecule has 0 aliphatic rings. The molecular formula is C19H17N5O. The van der Waals surface area contributed by atoms with Crippen LogP contribution in [0.4, 0.5) is 5.82 Å². The molecule has 0 amide bonds. The highest BCUT2D eigenvalue weighted by molar-refractivity contribution is 5.86. The SMILES string of the molecule is Cc1cccc(-n2ccc(=O)c(/C(=C/C=N)Nc3ccccn3)n2)c1. The Kier molecular flexibility index (Phi) is 4.80. The van der Waals surface area contributed by atoms with Gasteiger partial charge in [-0.1, -0.05) is 18.2 Å². The number of nitrogens with one attached hydrogen (secondary N) is 2. The molecule has 0 unspecified atom stereocenters. The highest BCUT2D eigenvalue weighted by atomic mass is 16.1. The molecule has 3 aromatic rings. The number of hydrogen-bond donors (Lipinski definition) is 2. The van der Waals surface area contributed by atoms with Crippen LogP contribution >= 0.6 is 0 Å². The van der Waals surface area contributed by atoms with E-state index in [2.05, 4.69) is 15.4 Å². The van der Waals surface area contributed by atoms with E-state index in [9.17, 15) is 4.79 Å². The fourth-order valence-electron chi connectivity index (χ4n) is 2.35. The van der Waals surface area contributed by atoms with E-state index in [0.717, 1.165) is 17.5 Å². The Morgan fingerprint density at radius 1 is 1.20 bits per heavy atom. The van der Waals surface area contributed by atoms with Gasteiger partial charge in [-0.05, 0) is 42.8 Å². The first-order chi connectivity index (χ1) is 12.2. The highest BCUT2D eigenvalue weighted by Gasteiger charge is 2.10. The third-order valence-corrected chi connectivity index (χ3v) is 3.51. The molecule has 0 atom stereocenters. The molecule has 0 fully saturated rings. The van der Waals surface area contributed by atoms with Crippen LogP contribution in [-0.4, -0.2) is 21.0 Å². The number of pyridine rings is 1. The lowest BCUT2D eigenvalue weighted by molar-refractivity contribution is 0.824. The first-order valence-corrected chi connectivity index (χ1v) is 7.73. The van der Waals surface area contributed by atoms with Gasteiger partial charge in [0, 0.05) is 24.7 Å². The van der Waals surface area contributed by atoms with Crippen molar-refractivity contribution in [2.75, 3.05) is 5.32 Å². The monoisotopic (exact) mass is 331 g/mol. The van der Waals surface area contributed by atoms with E-state index in [1.807, 2.05) is 37.3 Å². The zero-order chi connectivity index (χ0) is 17.6. The van der Waals surface area contributed by atoms with Crippen LogP contribution in [0.1, 0.15) is 11.3 Å². The molecule has 6 heteroatoms. The van der Waals surface area contributed by atoms with Gasteiger partial charge >= 0.3 is 0 Å². The second-order valence-corrected chi connectivity index (χ2v) is 5.40. The fourth-order valence-corrected chi connectivity index (χ4v) is 2.35. The van der Waals surface area contributed by atoms with Crippen molar-refractivity contribution in [3.63, 3.8) is 0 Å². The first-order valence-electron chi connectivity index (χ1n) is 7.73. The zero-order valence-electron chi connectivity index (χ0n) is 13.7. The average molecular weight is 331 g/mol. The summed E-state index contributed by atoms with van der Waals surface area (Å²) >= 11 is 0. The first kappa shape index (κ1) is 16.3. The maximum absolute atomic E-state index is 12.3. The second kappa shape index (κ2) is 7.35. The summed E-state index contributed by atoms with van der Waals surface area (Å²) in [7, 11) is 0. The van der Waals surface area contributed by atoms with Gasteiger partial charge in [-0.3, -0.25) is 4.79 Å². The van der Waals surface area contributed by atoms with Crippen LogP contribution in [0.15, 0.2) is 71.8 Å². The summed E-state index contributed by atoms with van der Waals surface area (Å²) in [6.45, 7) is 2.00. The van der Waals surface area contributed by atoms with Crippen molar-refractivity contribution in [1.82, 2.24) is 14.8 Å². The highest BCUT2D eigenvalue weighted by Crippen LogP contribution is 2.13. The van der Waals surface area contributed by atoms with Gasteiger partial charge < -0.3 is 10.7 Å². The summed E-state index contributed by atoms with van der Waals surface area (Å²) in [5.41, 5.74) is 2.36. The molecular weight excluding hydrogens is 314 g/mol. The van der Waals surface area contributed by atoms with Gasteiger partial charge in [0.05, 0.1) is 11.4 Å². The van der Waals surface area contributed by atoms with E-state index < -0.39 is 0 Å². The molecule has 2 aromatic heterocycles. The molecule has 3 rings (SSSR count). The van der Waals surface area contributed by atoms with E-state index in [4.69, 9.17) is 5.41 Å². The Bertz CT molecular complexity index is 976. The van der Waals surface area contributed by atoms with Crippen LogP contribution in [0.2, 0.25) is 0 Å². The Morgan fingerprint density at radius 2 is 2.08 bits per heavy atom. The van der Waals surface area contributed by atoms with Crippen molar-refractivity contribution in [3.05, 3.63) is 88.5 Å². The lowest BCUT2D eigenvalue weighted by atomic mass is 10.2. The molecule has 2 heterocycles. The fraction of sp³-hybridized carbons (Fsp3) is 0.0526. The molecule has 0 aliphatic carbocycles. The molecule has 2 N–H and O–H groups in total. The molecule has 0 saturated heterocycles. The molecule has 0 spiro atoms. The molecule has 0 saturated carbocycles. The normalized spacial score (nSPS) is 11.2. The van der Waals surface area contributed by atoms with Gasteiger partial charge in [-0.2, -0.15) is 5.10 Å². The predicted octanol–water partition coefficient (Wildman–Crippen LogP) is 3.04. The summed E-state index contributed by atoms with van der Waals surface area (Å²) in [5.74, 6) is 0.572. The van der Waals surface area contributed by atoms with E-state index in [0.29, 0.717) is 11.5 Å². The summed E-state index contributed by atoms with van der Waals surface area (Å²) in [4.78, 5) is 16.5. The predicted molar refractivity (Wildman–Crippen MR) is 99.2 cm³/mol. The number of allylic oxidation sites excluding steroid dienone is 1. The quantitative estimate of drug-likeness (QED) is 0.704. The van der Waals surface area contributed by atoms with Crippen LogP contribution in [0, 0.1) is 12.3 Å². The molecule has 1 aromatic carbocycles. The van der Waals surface area contributed by atoms with Crippen LogP contribution in [-0.2, 0) is 0 Å². The van der Waals surface area contributed by atoms with E-state index in [1.54, 1.807) is 29.2 Å². The Morgan fingerprint density at radius 3 is 2.80 bits per heavy atom. The lowest BCUT2D eigenvalue weighted by Crippen LogP contribution is -2.18. The number of aromatic nitrogens is 3. The largest absolute Gasteiger partial charge is 0.338 e. The van der Waals surface area contributed by atoms with Gasteiger partial charge in [-0.15, -0.1) is 0 Å². The summed E-state index contributed by atoms with van der Waals surface area (Å²) in [6, 6.07) is 14.7. The van der Waals surface area contributed by atoms with Crippen molar-refractivity contribution in [2.45, 2.75) is 6.92 Å². The number of rotatable bonds is 5. The van der Waals surface area contributed by atoms with Crippen LogP contribution in [0.3, 0.4) is 0 Å². The minimum atomic E-state index is -0.236. The minimum absolute atomic E-state index is 0.221. The molecule has 0 bridgehead atoms. The van der Waals surface area contributed by atoms with Gasteiger partial charge in [0.15, 0.2) is 5.69 Å². The topological polar surface area (TPSA) is 83.7 Å². The standard InChI is InChI=1S/C19H17N5O/c1-14-5-4-6-15(13-14)24-12-9-17(25)19(23-24)16(8-10-20)22-18-7-2-3-11-21-18/h2-13,20H,1H3,(H,21,22)/b16-8-,20-10?. The van der Waals surface area contributed by atoms with Crippen LogP contribution in [0.5, 0.6) is 0 Å². The molecule has 124 valence electrons. The van der Waals surface area contributed by atoms with Crippen LogP contribution < -0.4 is 10.7 Å². The molecule has 25 heavy (non-hydrogen) atoms. The third kappa shape index (κ3) is 3.87. The van der Waals surface area contributed by atoms with E-state index in [1.165, 1.54) is 12.1 Å². The van der Waals surface area contributed by atoms with E-state index in [-0.39, 0.29) is 11.1 Å². The number of aryl methyl sites for hydroxylation is 1. The number of nitrogens with zero attached hydrogens (tertiary/aromatic N) is 3. The van der Waals surface area contributed by atoms with Gasteiger partial charge in [0.25, 0.3) is 0 Å². The second-order valence-electron chi connectivity index (χ2n) is 5.40. The summed E-state index contributed by atoms with van der Waals surface area (Å²) in [5, 5.41) is 14.9.